The van der Waals surface area contributed by atoms with Crippen LogP contribution in [0, 0.1) is 0 Å². The van der Waals surface area contributed by atoms with Gasteiger partial charge in [-0.25, -0.2) is 4.79 Å². The van der Waals surface area contributed by atoms with Crippen LogP contribution in [0.15, 0.2) is 0 Å². The van der Waals surface area contributed by atoms with Crippen molar-refractivity contribution in [3.63, 3.8) is 0 Å². The van der Waals surface area contributed by atoms with E-state index < -0.39 is 36.4 Å². The van der Waals surface area contributed by atoms with Crippen LogP contribution >= 0.6 is 0 Å². The third kappa shape index (κ3) is 16.1. The van der Waals surface area contributed by atoms with Crippen LogP contribution in [0.4, 0.5) is 0 Å². The van der Waals surface area contributed by atoms with Crippen LogP contribution in [0.3, 0.4) is 0 Å². The summed E-state index contributed by atoms with van der Waals surface area (Å²) in [5.74, 6) is -5.02. The Morgan fingerprint density at radius 1 is 0.737 bits per heavy atom. The SMILES string of the molecule is N.N.N.O.O.O.O=C(O)CC(O)(CC(=O)O)C(=O)O. The van der Waals surface area contributed by atoms with Crippen LogP contribution in [-0.4, -0.2) is 60.4 Å². The van der Waals surface area contributed by atoms with Crippen molar-refractivity contribution in [2.24, 2.45) is 0 Å². The smallest absolute Gasteiger partial charge is 0.336 e. The number of hydrogen-bond donors (Lipinski definition) is 7. The van der Waals surface area contributed by atoms with E-state index in [4.69, 9.17) is 20.4 Å². The van der Waals surface area contributed by atoms with E-state index in [1.165, 1.54) is 0 Å². The lowest BCUT2D eigenvalue weighted by Gasteiger charge is -2.18. The van der Waals surface area contributed by atoms with Gasteiger partial charge in [-0.2, -0.15) is 0 Å². The topological polar surface area (TPSA) is 332 Å². The van der Waals surface area contributed by atoms with Gasteiger partial charge in [0.05, 0.1) is 12.8 Å². The normalized spacial score (nSPS) is 7.42. The molecule has 0 unspecified atom stereocenters. The summed E-state index contributed by atoms with van der Waals surface area (Å²) >= 11 is 0. The Balaban J connectivity index is -0.0000000480. The van der Waals surface area contributed by atoms with Crippen molar-refractivity contribution < 1.29 is 51.2 Å². The summed E-state index contributed by atoms with van der Waals surface area (Å²) in [7, 11) is 0. The highest BCUT2D eigenvalue weighted by atomic mass is 16.4. The first-order chi connectivity index (χ1) is 5.78. The predicted molar refractivity (Wildman–Crippen MR) is 63.0 cm³/mol. The lowest BCUT2D eigenvalue weighted by molar-refractivity contribution is -0.170. The third-order valence-electron chi connectivity index (χ3n) is 1.29. The van der Waals surface area contributed by atoms with Gasteiger partial charge in [0.2, 0.25) is 0 Å². The molecule has 0 aliphatic heterocycles. The molecule has 0 spiro atoms. The highest BCUT2D eigenvalue weighted by molar-refractivity contribution is 5.88. The molecule has 0 rings (SSSR count). The van der Waals surface area contributed by atoms with Gasteiger partial charge in [-0.15, -0.1) is 0 Å². The molecule has 0 atom stereocenters. The quantitative estimate of drug-likeness (QED) is 0.265. The average molecular weight is 297 g/mol. The standard InChI is InChI=1S/C6H8O7.3H3N.3H2O/c7-3(8)1-6(13,5(11)12)2-4(9)10;;;;;;/h13H,1-2H2,(H,7,8)(H,9,10)(H,11,12);3*1H3;3*1H2. The van der Waals surface area contributed by atoms with E-state index >= 15 is 0 Å². The third-order valence-corrected chi connectivity index (χ3v) is 1.29. The van der Waals surface area contributed by atoms with Gasteiger partial charge in [-0.3, -0.25) is 9.59 Å². The maximum atomic E-state index is 10.3. The number of rotatable bonds is 5. The molecule has 0 aromatic carbocycles. The minimum absolute atomic E-state index is 0. The average Bonchev–Trinajstić information content (AvgIpc) is 1.82. The lowest BCUT2D eigenvalue weighted by Crippen LogP contribution is -2.42. The summed E-state index contributed by atoms with van der Waals surface area (Å²) in [5, 5.41) is 33.8. The zero-order chi connectivity index (χ0) is 10.6. The van der Waals surface area contributed by atoms with Crippen molar-refractivity contribution in [2.45, 2.75) is 18.4 Å². The van der Waals surface area contributed by atoms with Gasteiger partial charge >= 0.3 is 17.9 Å². The Labute approximate surface area is 107 Å². The molecule has 0 saturated carbocycles. The number of aliphatic carboxylic acids is 3. The predicted octanol–water partition coefficient (Wildman–Crippen LogP) is -3.24. The molecule has 19 heavy (non-hydrogen) atoms. The van der Waals surface area contributed by atoms with Gasteiger partial charge in [0, 0.05) is 0 Å². The van der Waals surface area contributed by atoms with Crippen molar-refractivity contribution in [3.05, 3.63) is 0 Å². The molecule has 13 heteroatoms. The molecule has 0 aliphatic rings. The Hall–Kier alpha value is -1.87. The monoisotopic (exact) mass is 297 g/mol. The highest BCUT2D eigenvalue weighted by Gasteiger charge is 2.40. The van der Waals surface area contributed by atoms with Crippen LogP contribution in [0.1, 0.15) is 12.8 Å². The first kappa shape index (κ1) is 43.4. The minimum atomic E-state index is -2.74. The van der Waals surface area contributed by atoms with E-state index in [1.54, 1.807) is 0 Å². The van der Waals surface area contributed by atoms with Crippen LogP contribution in [0.25, 0.3) is 0 Å². The minimum Gasteiger partial charge on any atom is -0.481 e. The van der Waals surface area contributed by atoms with Gasteiger partial charge in [0.25, 0.3) is 0 Å². The molecule has 19 N–H and O–H groups in total. The molecule has 0 aromatic rings. The van der Waals surface area contributed by atoms with Crippen LogP contribution < -0.4 is 18.5 Å². The first-order valence-corrected chi connectivity index (χ1v) is 3.17. The number of aliphatic hydroxyl groups is 1. The zero-order valence-corrected chi connectivity index (χ0v) is 10.0. The molecule has 0 aromatic heterocycles. The van der Waals surface area contributed by atoms with E-state index in [2.05, 4.69) is 0 Å². The Bertz CT molecular complexity index is 242. The molecule has 0 radical (unpaired) electrons. The van der Waals surface area contributed by atoms with Gasteiger partial charge < -0.3 is 55.3 Å². The second kappa shape index (κ2) is 16.1. The zero-order valence-electron chi connectivity index (χ0n) is 10.0. The molecular weight excluding hydrogens is 274 g/mol. The fraction of sp³-hybridized carbons (Fsp3) is 0.500. The fourth-order valence-electron chi connectivity index (χ4n) is 0.714. The van der Waals surface area contributed by atoms with Crippen LogP contribution in [-0.2, 0) is 14.4 Å². The largest absolute Gasteiger partial charge is 0.481 e. The fourth-order valence-corrected chi connectivity index (χ4v) is 0.714. The highest BCUT2D eigenvalue weighted by Crippen LogP contribution is 2.15. The lowest BCUT2D eigenvalue weighted by atomic mass is 9.96. The van der Waals surface area contributed by atoms with Gasteiger partial charge in [-0.1, -0.05) is 0 Å². The van der Waals surface area contributed by atoms with Crippen LogP contribution in [0.2, 0.25) is 0 Å². The molecule has 0 saturated heterocycles. The molecule has 13 nitrogen and oxygen atoms in total. The summed E-state index contributed by atoms with van der Waals surface area (Å²) in [6, 6.07) is 0. The van der Waals surface area contributed by atoms with Crippen molar-refractivity contribution in [3.8, 4) is 0 Å². The Morgan fingerprint density at radius 2 is 0.947 bits per heavy atom. The van der Waals surface area contributed by atoms with Crippen molar-refractivity contribution in [2.75, 3.05) is 0 Å². The Kier molecular flexibility index (Phi) is 36.9. The summed E-state index contributed by atoms with van der Waals surface area (Å²) in [6.07, 6.45) is -2.29. The van der Waals surface area contributed by atoms with Gasteiger partial charge in [0.15, 0.2) is 5.60 Å². The maximum Gasteiger partial charge on any atom is 0.336 e. The van der Waals surface area contributed by atoms with E-state index in [9.17, 15) is 14.4 Å². The molecule has 0 fully saturated rings. The molecule has 122 valence electrons. The molecule has 0 aliphatic carbocycles. The molecule has 0 heterocycles. The van der Waals surface area contributed by atoms with Crippen molar-refractivity contribution in [1.82, 2.24) is 18.5 Å². The number of hydrogen-bond acceptors (Lipinski definition) is 7. The second-order valence-electron chi connectivity index (χ2n) is 2.48. The van der Waals surface area contributed by atoms with E-state index in [0.29, 0.717) is 0 Å². The summed E-state index contributed by atoms with van der Waals surface area (Å²) in [6.45, 7) is 0. The number of carboxylic acids is 3. The van der Waals surface area contributed by atoms with Crippen molar-refractivity contribution in [1.29, 1.82) is 0 Å². The summed E-state index contributed by atoms with van der Waals surface area (Å²) < 4.78 is 0. The van der Waals surface area contributed by atoms with E-state index in [0.717, 1.165) is 0 Å². The molecule has 0 amide bonds. The molecular formula is C6H23N3O10. The maximum absolute atomic E-state index is 10.3. The van der Waals surface area contributed by atoms with E-state index in [-0.39, 0.29) is 34.9 Å². The summed E-state index contributed by atoms with van der Waals surface area (Å²) in [5.41, 5.74) is -2.74. The molecule has 0 bridgehead atoms. The first-order valence-electron chi connectivity index (χ1n) is 3.17. The van der Waals surface area contributed by atoms with Crippen LogP contribution in [0.5, 0.6) is 0 Å². The number of carbonyl (C=O) groups is 3. The van der Waals surface area contributed by atoms with Gasteiger partial charge in [0.1, 0.15) is 0 Å². The number of carboxylic acid groups (broad SMARTS) is 3. The Morgan fingerprint density at radius 3 is 1.05 bits per heavy atom. The van der Waals surface area contributed by atoms with Crippen molar-refractivity contribution >= 4 is 17.9 Å². The summed E-state index contributed by atoms with van der Waals surface area (Å²) in [4.78, 5) is 30.5. The van der Waals surface area contributed by atoms with Gasteiger partial charge in [-0.05, 0) is 0 Å². The second-order valence-corrected chi connectivity index (χ2v) is 2.48. The van der Waals surface area contributed by atoms with E-state index in [1.807, 2.05) is 0 Å².